The van der Waals surface area contributed by atoms with Gasteiger partial charge in [-0.1, -0.05) is 0 Å². The molecule has 0 rings (SSSR count). The molecule has 0 fully saturated rings. The van der Waals surface area contributed by atoms with E-state index in [2.05, 4.69) is 0 Å². The summed E-state index contributed by atoms with van der Waals surface area (Å²) in [5, 5.41) is 0. The first kappa shape index (κ1) is 42.0. The van der Waals surface area contributed by atoms with Gasteiger partial charge in [-0.15, -0.1) is 0 Å². The van der Waals surface area contributed by atoms with Crippen molar-refractivity contribution in [1.29, 1.82) is 0 Å². The van der Waals surface area contributed by atoms with Gasteiger partial charge in [0.15, 0.2) is 0 Å². The molecule has 0 aromatic heterocycles. The second-order valence-electron chi connectivity index (χ2n) is 0.268. The summed E-state index contributed by atoms with van der Waals surface area (Å²) in [4.78, 5) is 21.7. The zero-order chi connectivity index (χ0) is 3.58. The molecule has 14 N–H and O–H groups in total. The summed E-state index contributed by atoms with van der Waals surface area (Å²) in [6.07, 6.45) is 0. The van der Waals surface area contributed by atoms with Gasteiger partial charge in [0.2, 0.25) is 0 Å². The van der Waals surface area contributed by atoms with E-state index in [1.54, 1.807) is 0 Å². The van der Waals surface area contributed by atoms with Gasteiger partial charge in [-0.3, -0.25) is 0 Å². The SMILES string of the molecule is N.N.N.O.OP(O)O. The summed E-state index contributed by atoms with van der Waals surface area (Å²) in [5.74, 6) is 0. The van der Waals surface area contributed by atoms with Crippen molar-refractivity contribution in [3.05, 3.63) is 0 Å². The zero-order valence-corrected chi connectivity index (χ0v) is 5.30. The maximum atomic E-state index is 7.23. The van der Waals surface area contributed by atoms with Gasteiger partial charge in [0.25, 0.3) is 0 Å². The van der Waals surface area contributed by atoms with Crippen molar-refractivity contribution in [2.75, 3.05) is 0 Å². The largest absolute Gasteiger partial charge is 0.412 e. The topological polar surface area (TPSA) is 197 Å². The molecule has 0 aliphatic heterocycles. The molecule has 0 amide bonds. The Morgan fingerprint density at radius 1 is 0.750 bits per heavy atom. The van der Waals surface area contributed by atoms with Crippen LogP contribution in [0.3, 0.4) is 0 Å². The highest BCUT2D eigenvalue weighted by Gasteiger charge is 1.76. The first-order chi connectivity index (χ1) is 1.73. The minimum Gasteiger partial charge on any atom is -0.412 e. The molecule has 0 bridgehead atoms. The van der Waals surface area contributed by atoms with Gasteiger partial charge in [0.1, 0.15) is 0 Å². The van der Waals surface area contributed by atoms with E-state index in [-0.39, 0.29) is 23.9 Å². The lowest BCUT2D eigenvalue weighted by Crippen LogP contribution is -1.54. The molecule has 58 valence electrons. The highest BCUT2D eigenvalue weighted by Crippen LogP contribution is 2.11. The van der Waals surface area contributed by atoms with Gasteiger partial charge in [-0.25, -0.2) is 0 Å². The van der Waals surface area contributed by atoms with Crippen molar-refractivity contribution in [2.24, 2.45) is 0 Å². The average molecular weight is 151 g/mol. The van der Waals surface area contributed by atoms with Crippen molar-refractivity contribution in [1.82, 2.24) is 18.5 Å². The molecule has 0 radical (unpaired) electrons. The van der Waals surface area contributed by atoms with Crippen LogP contribution in [0.15, 0.2) is 0 Å². The van der Waals surface area contributed by atoms with Gasteiger partial charge in [-0.2, -0.15) is 0 Å². The maximum Gasteiger partial charge on any atom is 0.324 e. The van der Waals surface area contributed by atoms with E-state index in [9.17, 15) is 0 Å². The maximum absolute atomic E-state index is 7.23. The second kappa shape index (κ2) is 27.3. The molecule has 0 aromatic rings. The Kier molecular flexibility index (Phi) is 143. The van der Waals surface area contributed by atoms with Crippen LogP contribution in [0.2, 0.25) is 0 Å². The molecule has 0 aromatic carbocycles. The molecular formula is H14N3O4P. The normalized spacial score (nSPS) is 4.50. The molecule has 0 saturated heterocycles. The first-order valence-corrected chi connectivity index (χ1v) is 1.80. The van der Waals surface area contributed by atoms with Crippen LogP contribution in [-0.2, 0) is 0 Å². The standard InChI is InChI=1S/3H3N.H3O3P.H2O/c;;;1-4(2)3;/h3*1H3;1-3H;1H2. The highest BCUT2D eigenvalue weighted by atomic mass is 31.2. The number of rotatable bonds is 0. The minimum atomic E-state index is -2.62. The predicted octanol–water partition coefficient (Wildman–Crippen LogP) is -1.15. The molecule has 0 unspecified atom stereocenters. The van der Waals surface area contributed by atoms with E-state index in [0.29, 0.717) is 0 Å². The molecule has 0 aliphatic rings. The fraction of sp³-hybridized carbons (Fsp3) is 0. The summed E-state index contributed by atoms with van der Waals surface area (Å²) in [6.45, 7) is 0. The fourth-order valence-electron chi connectivity index (χ4n) is 0. The van der Waals surface area contributed by atoms with Gasteiger partial charge in [-0.05, 0) is 0 Å². The third kappa shape index (κ3) is 7250. The molecule has 0 spiro atoms. The molecule has 0 aliphatic carbocycles. The minimum absolute atomic E-state index is 0. The van der Waals surface area contributed by atoms with Crippen LogP contribution < -0.4 is 18.5 Å². The Bertz CT molecular complexity index is 16.0. The van der Waals surface area contributed by atoms with E-state index in [0.717, 1.165) is 0 Å². The van der Waals surface area contributed by atoms with Gasteiger partial charge < -0.3 is 38.6 Å². The lowest BCUT2D eigenvalue weighted by atomic mass is 14.0. The van der Waals surface area contributed by atoms with Crippen molar-refractivity contribution in [2.45, 2.75) is 0 Å². The van der Waals surface area contributed by atoms with Crippen molar-refractivity contribution < 1.29 is 20.2 Å². The molecular weight excluding hydrogens is 137 g/mol. The highest BCUT2D eigenvalue weighted by molar-refractivity contribution is 7.38. The van der Waals surface area contributed by atoms with Crippen molar-refractivity contribution in [3.63, 3.8) is 0 Å². The summed E-state index contributed by atoms with van der Waals surface area (Å²) in [7, 11) is -2.62. The van der Waals surface area contributed by atoms with Crippen LogP contribution in [0.1, 0.15) is 0 Å². The summed E-state index contributed by atoms with van der Waals surface area (Å²) in [5.41, 5.74) is 0. The second-order valence-corrected chi connectivity index (χ2v) is 0.805. The Labute approximate surface area is 48.4 Å². The molecule has 8 heteroatoms. The first-order valence-electron chi connectivity index (χ1n) is 0.600. The fourth-order valence-corrected chi connectivity index (χ4v) is 0. The van der Waals surface area contributed by atoms with E-state index < -0.39 is 8.60 Å². The van der Waals surface area contributed by atoms with E-state index in [1.807, 2.05) is 0 Å². The lowest BCUT2D eigenvalue weighted by molar-refractivity contribution is 0.368. The predicted molar refractivity (Wildman–Crippen MR) is 32.3 cm³/mol. The van der Waals surface area contributed by atoms with Gasteiger partial charge in [0, 0.05) is 0 Å². The molecule has 8 heavy (non-hydrogen) atoms. The zero-order valence-electron chi connectivity index (χ0n) is 4.41. The van der Waals surface area contributed by atoms with Crippen LogP contribution >= 0.6 is 8.60 Å². The van der Waals surface area contributed by atoms with E-state index in [4.69, 9.17) is 14.7 Å². The number of hydrogen-bond donors (Lipinski definition) is 6. The molecule has 0 atom stereocenters. The van der Waals surface area contributed by atoms with Crippen LogP contribution in [0.4, 0.5) is 0 Å². The van der Waals surface area contributed by atoms with E-state index >= 15 is 0 Å². The number of hydrogen-bond acceptors (Lipinski definition) is 6. The molecule has 0 heterocycles. The van der Waals surface area contributed by atoms with Crippen LogP contribution in [-0.4, -0.2) is 20.2 Å². The average Bonchev–Trinajstić information content (AvgIpc) is 0.811. The van der Waals surface area contributed by atoms with Crippen LogP contribution in [0.5, 0.6) is 0 Å². The summed E-state index contributed by atoms with van der Waals surface area (Å²) >= 11 is 0. The summed E-state index contributed by atoms with van der Waals surface area (Å²) < 4.78 is 0. The monoisotopic (exact) mass is 151 g/mol. The quantitative estimate of drug-likeness (QED) is 0.236. The molecule has 0 saturated carbocycles. The van der Waals surface area contributed by atoms with Crippen LogP contribution in [0, 0.1) is 0 Å². The Hall–Kier alpha value is 0.150. The van der Waals surface area contributed by atoms with Crippen molar-refractivity contribution >= 4 is 8.60 Å². The smallest absolute Gasteiger partial charge is 0.324 e. The molecule has 7 nitrogen and oxygen atoms in total. The Morgan fingerprint density at radius 2 is 0.750 bits per heavy atom. The van der Waals surface area contributed by atoms with E-state index in [1.165, 1.54) is 0 Å². The van der Waals surface area contributed by atoms with Gasteiger partial charge >= 0.3 is 8.60 Å². The van der Waals surface area contributed by atoms with Crippen LogP contribution in [0.25, 0.3) is 0 Å². The third-order valence-corrected chi connectivity index (χ3v) is 0. The Morgan fingerprint density at radius 3 is 0.750 bits per heavy atom. The Balaban J connectivity index is -0.00000000750. The van der Waals surface area contributed by atoms with Gasteiger partial charge in [0.05, 0.1) is 0 Å². The third-order valence-electron chi connectivity index (χ3n) is 0. The summed E-state index contributed by atoms with van der Waals surface area (Å²) in [6, 6.07) is 0. The van der Waals surface area contributed by atoms with Crippen molar-refractivity contribution in [3.8, 4) is 0 Å². The lowest BCUT2D eigenvalue weighted by Gasteiger charge is -1.76.